The molecule has 2 aromatic carbocycles. The zero-order valence-electron chi connectivity index (χ0n) is 12.2. The second kappa shape index (κ2) is 8.06. The lowest BCUT2D eigenvalue weighted by molar-refractivity contribution is -0.128. The van der Waals surface area contributed by atoms with Gasteiger partial charge in [-0.25, -0.2) is 0 Å². The normalized spacial score (nSPS) is 11.8. The number of nitrogens with one attached hydrogen (secondary N) is 1. The fraction of sp³-hybridized carbons (Fsp3) is 0.235. The van der Waals surface area contributed by atoms with Crippen LogP contribution >= 0.6 is 23.2 Å². The van der Waals surface area contributed by atoms with E-state index in [9.17, 15) is 4.79 Å². The highest BCUT2D eigenvalue weighted by molar-refractivity contribution is 6.32. The molecule has 1 N–H and O–H groups in total. The Morgan fingerprint density at radius 1 is 1.09 bits per heavy atom. The average molecular weight is 338 g/mol. The molecular formula is C17H17Cl2NO2. The topological polar surface area (TPSA) is 38.3 Å². The molecule has 1 amide bonds. The predicted molar refractivity (Wildman–Crippen MR) is 89.5 cm³/mol. The molecule has 5 heteroatoms. The Bertz CT molecular complexity index is 646. The first-order valence-electron chi connectivity index (χ1n) is 7.04. The molecule has 0 saturated carbocycles. The van der Waals surface area contributed by atoms with Gasteiger partial charge in [-0.1, -0.05) is 60.5 Å². The summed E-state index contributed by atoms with van der Waals surface area (Å²) in [6.07, 6.45) is -0.0538. The van der Waals surface area contributed by atoms with E-state index in [1.54, 1.807) is 18.2 Å². The minimum atomic E-state index is -0.595. The van der Waals surface area contributed by atoms with Gasteiger partial charge in [0.1, 0.15) is 5.75 Å². The number of hydrogen-bond donors (Lipinski definition) is 1. The summed E-state index contributed by atoms with van der Waals surface area (Å²) in [5.74, 6) is 0.311. The minimum absolute atomic E-state index is 0.192. The molecule has 0 heterocycles. The molecule has 116 valence electrons. The highest BCUT2D eigenvalue weighted by Gasteiger charge is 2.19. The predicted octanol–water partition coefficient (Wildman–Crippen LogP) is 4.47. The second-order valence-corrected chi connectivity index (χ2v) is 5.57. The van der Waals surface area contributed by atoms with Gasteiger partial charge in [0.2, 0.25) is 0 Å². The van der Waals surface area contributed by atoms with Crippen molar-refractivity contribution >= 4 is 29.1 Å². The first kappa shape index (κ1) is 16.7. The average Bonchev–Trinajstić information content (AvgIpc) is 2.53. The molecule has 0 saturated heterocycles. The van der Waals surface area contributed by atoms with Gasteiger partial charge in [-0.15, -0.1) is 0 Å². The van der Waals surface area contributed by atoms with Crippen LogP contribution in [-0.4, -0.2) is 12.0 Å². The molecule has 1 unspecified atom stereocenters. The fourth-order valence-corrected chi connectivity index (χ4v) is 2.34. The number of halogens is 2. The van der Waals surface area contributed by atoms with Gasteiger partial charge in [-0.2, -0.15) is 0 Å². The van der Waals surface area contributed by atoms with Gasteiger partial charge in [0.25, 0.3) is 5.91 Å². The summed E-state index contributed by atoms with van der Waals surface area (Å²) in [7, 11) is 0. The molecule has 1 atom stereocenters. The molecule has 0 fully saturated rings. The number of para-hydroxylation sites is 1. The summed E-state index contributed by atoms with van der Waals surface area (Å²) < 4.78 is 5.70. The van der Waals surface area contributed by atoms with E-state index in [1.807, 2.05) is 37.3 Å². The molecule has 0 aromatic heterocycles. The van der Waals surface area contributed by atoms with E-state index in [0.717, 1.165) is 5.56 Å². The van der Waals surface area contributed by atoms with E-state index in [4.69, 9.17) is 27.9 Å². The third kappa shape index (κ3) is 4.39. The van der Waals surface area contributed by atoms with E-state index in [1.165, 1.54) is 0 Å². The Kier molecular flexibility index (Phi) is 6.10. The van der Waals surface area contributed by atoms with Crippen LogP contribution in [0.1, 0.15) is 18.9 Å². The highest BCUT2D eigenvalue weighted by atomic mass is 35.5. The van der Waals surface area contributed by atoms with Crippen LogP contribution in [0.2, 0.25) is 10.0 Å². The number of hydrogen-bond acceptors (Lipinski definition) is 2. The molecule has 3 nitrogen and oxygen atoms in total. The summed E-state index contributed by atoms with van der Waals surface area (Å²) >= 11 is 12.1. The molecule has 0 aliphatic rings. The minimum Gasteiger partial charge on any atom is -0.479 e. The van der Waals surface area contributed by atoms with Crippen molar-refractivity contribution in [1.29, 1.82) is 0 Å². The van der Waals surface area contributed by atoms with E-state index < -0.39 is 6.10 Å². The Balaban J connectivity index is 1.98. The number of benzene rings is 2. The maximum atomic E-state index is 12.3. The largest absolute Gasteiger partial charge is 0.479 e. The van der Waals surface area contributed by atoms with Crippen molar-refractivity contribution in [3.63, 3.8) is 0 Å². The second-order valence-electron chi connectivity index (χ2n) is 4.75. The van der Waals surface area contributed by atoms with Gasteiger partial charge in [0, 0.05) is 11.6 Å². The fourth-order valence-electron chi connectivity index (χ4n) is 1.95. The third-order valence-electron chi connectivity index (χ3n) is 3.18. The zero-order valence-corrected chi connectivity index (χ0v) is 13.7. The standard InChI is InChI=1S/C17H17Cl2NO2/c1-2-15(22-16-10-6-5-9-14(16)19)17(21)20-11-12-7-3-4-8-13(12)18/h3-10,15H,2,11H2,1H3,(H,20,21). The van der Waals surface area contributed by atoms with Crippen LogP contribution in [0.3, 0.4) is 0 Å². The summed E-state index contributed by atoms with van der Waals surface area (Å²) in [6, 6.07) is 14.5. The zero-order chi connectivity index (χ0) is 15.9. The molecule has 0 aliphatic heterocycles. The van der Waals surface area contributed by atoms with Crippen LogP contribution < -0.4 is 10.1 Å². The van der Waals surface area contributed by atoms with E-state index in [2.05, 4.69) is 5.32 Å². The van der Waals surface area contributed by atoms with Gasteiger partial charge >= 0.3 is 0 Å². The van der Waals surface area contributed by atoms with Crippen molar-refractivity contribution in [3.05, 3.63) is 64.1 Å². The van der Waals surface area contributed by atoms with Crippen LogP contribution in [0, 0.1) is 0 Å². The number of amides is 1. The smallest absolute Gasteiger partial charge is 0.261 e. The van der Waals surface area contributed by atoms with Crippen molar-refractivity contribution in [3.8, 4) is 5.75 Å². The molecule has 2 aromatic rings. The van der Waals surface area contributed by atoms with Crippen LogP contribution in [0.5, 0.6) is 5.75 Å². The van der Waals surface area contributed by atoms with Crippen molar-refractivity contribution < 1.29 is 9.53 Å². The summed E-state index contributed by atoms with van der Waals surface area (Å²) in [5, 5.41) is 3.95. The van der Waals surface area contributed by atoms with Crippen molar-refractivity contribution in [2.24, 2.45) is 0 Å². The third-order valence-corrected chi connectivity index (χ3v) is 3.86. The summed E-state index contributed by atoms with van der Waals surface area (Å²) in [4.78, 5) is 12.3. The lowest BCUT2D eigenvalue weighted by Crippen LogP contribution is -2.37. The van der Waals surface area contributed by atoms with Gasteiger partial charge in [0.15, 0.2) is 6.10 Å². The number of carbonyl (C=O) groups is 1. The monoisotopic (exact) mass is 337 g/mol. The first-order chi connectivity index (χ1) is 10.6. The van der Waals surface area contributed by atoms with Crippen molar-refractivity contribution in [1.82, 2.24) is 5.32 Å². The summed E-state index contributed by atoms with van der Waals surface area (Å²) in [6.45, 7) is 2.25. The van der Waals surface area contributed by atoms with Gasteiger partial charge < -0.3 is 10.1 Å². The van der Waals surface area contributed by atoms with Crippen molar-refractivity contribution in [2.45, 2.75) is 26.0 Å². The maximum absolute atomic E-state index is 12.3. The Labute approximate surface area is 140 Å². The number of ether oxygens (including phenoxy) is 1. The van der Waals surface area contributed by atoms with Crippen LogP contribution in [0.25, 0.3) is 0 Å². The maximum Gasteiger partial charge on any atom is 0.261 e. The lowest BCUT2D eigenvalue weighted by atomic mass is 10.2. The SMILES string of the molecule is CCC(Oc1ccccc1Cl)C(=O)NCc1ccccc1Cl. The van der Waals surface area contributed by atoms with Crippen LogP contribution in [0.4, 0.5) is 0 Å². The van der Waals surface area contributed by atoms with Crippen molar-refractivity contribution in [2.75, 3.05) is 0 Å². The van der Waals surface area contributed by atoms with Crippen LogP contribution in [-0.2, 0) is 11.3 Å². The molecule has 0 radical (unpaired) electrons. The first-order valence-corrected chi connectivity index (χ1v) is 7.79. The Hall–Kier alpha value is -1.71. The number of rotatable bonds is 6. The van der Waals surface area contributed by atoms with Gasteiger partial charge in [-0.3, -0.25) is 4.79 Å². The molecule has 0 bridgehead atoms. The van der Waals surface area contributed by atoms with E-state index >= 15 is 0 Å². The van der Waals surface area contributed by atoms with Crippen LogP contribution in [0.15, 0.2) is 48.5 Å². The highest BCUT2D eigenvalue weighted by Crippen LogP contribution is 2.25. The molecular weight excluding hydrogens is 321 g/mol. The molecule has 0 spiro atoms. The van der Waals surface area contributed by atoms with Gasteiger partial charge in [0.05, 0.1) is 5.02 Å². The summed E-state index contributed by atoms with van der Waals surface area (Å²) in [5.41, 5.74) is 0.866. The molecule has 22 heavy (non-hydrogen) atoms. The number of carbonyl (C=O) groups excluding carboxylic acids is 1. The van der Waals surface area contributed by atoms with E-state index in [0.29, 0.717) is 28.8 Å². The Morgan fingerprint density at radius 3 is 2.36 bits per heavy atom. The lowest BCUT2D eigenvalue weighted by Gasteiger charge is -2.18. The van der Waals surface area contributed by atoms with E-state index in [-0.39, 0.29) is 5.91 Å². The Morgan fingerprint density at radius 2 is 1.73 bits per heavy atom. The van der Waals surface area contributed by atoms with Gasteiger partial charge in [-0.05, 0) is 30.2 Å². The quantitative estimate of drug-likeness (QED) is 0.844. The molecule has 2 rings (SSSR count). The molecule has 0 aliphatic carbocycles.